The van der Waals surface area contributed by atoms with Gasteiger partial charge in [-0.3, -0.25) is 0 Å². The Morgan fingerprint density at radius 3 is 2.39 bits per heavy atom. The summed E-state index contributed by atoms with van der Waals surface area (Å²) in [5.41, 5.74) is 1.18. The highest BCUT2D eigenvalue weighted by Gasteiger charge is 2.10. The molecule has 18 heavy (non-hydrogen) atoms. The topological polar surface area (TPSA) is 15.3 Å². The summed E-state index contributed by atoms with van der Waals surface area (Å²) in [6.07, 6.45) is 0.996. The fraction of sp³-hybridized carbons (Fsp3) is 0.500. The molecule has 0 unspecified atom stereocenters. The Hall–Kier alpha value is 0.300. The number of nitrogens with zero attached hydrogens (tertiary/aromatic N) is 1. The lowest BCUT2D eigenvalue weighted by molar-refractivity contribution is 0.244. The van der Waals surface area contributed by atoms with Crippen LogP contribution in [0.1, 0.15) is 5.56 Å². The lowest BCUT2D eigenvalue weighted by Crippen LogP contribution is -2.44. The largest absolute Gasteiger partial charge is 0.314 e. The number of piperazine rings is 1. The third kappa shape index (κ3) is 5.52. The maximum absolute atomic E-state index is 6.13. The zero-order valence-electron chi connectivity index (χ0n) is 9.99. The van der Waals surface area contributed by atoms with Gasteiger partial charge >= 0.3 is 0 Å². The van der Waals surface area contributed by atoms with Gasteiger partial charge in [-0.25, -0.2) is 0 Å². The summed E-state index contributed by atoms with van der Waals surface area (Å²) in [6.45, 7) is 5.52. The van der Waals surface area contributed by atoms with E-state index in [0.29, 0.717) is 5.02 Å². The number of hydrogen-bond donors (Lipinski definition) is 1. The minimum absolute atomic E-state index is 0. The predicted octanol–water partition coefficient (Wildman–Crippen LogP) is 3.28. The zero-order valence-corrected chi connectivity index (χ0v) is 13.1. The molecule has 0 amide bonds. The Morgan fingerprint density at radius 1 is 1.11 bits per heavy atom. The van der Waals surface area contributed by atoms with Crippen LogP contribution in [0.25, 0.3) is 0 Å². The van der Waals surface area contributed by atoms with Gasteiger partial charge in [-0.1, -0.05) is 29.3 Å². The van der Waals surface area contributed by atoms with Crippen LogP contribution >= 0.6 is 48.0 Å². The fourth-order valence-corrected chi connectivity index (χ4v) is 2.44. The van der Waals surface area contributed by atoms with Crippen molar-refractivity contribution in [2.45, 2.75) is 6.42 Å². The van der Waals surface area contributed by atoms with E-state index in [1.54, 1.807) is 0 Å². The first kappa shape index (κ1) is 18.3. The summed E-state index contributed by atoms with van der Waals surface area (Å²) >= 11 is 12.0. The van der Waals surface area contributed by atoms with Crippen LogP contribution in [0.3, 0.4) is 0 Å². The van der Waals surface area contributed by atoms with Gasteiger partial charge in [-0.05, 0) is 24.1 Å². The highest BCUT2D eigenvalue weighted by molar-refractivity contribution is 6.35. The lowest BCUT2D eigenvalue weighted by Gasteiger charge is -2.27. The van der Waals surface area contributed by atoms with E-state index in [1.165, 1.54) is 5.56 Å². The molecule has 0 aromatic heterocycles. The summed E-state index contributed by atoms with van der Waals surface area (Å²) in [5, 5.41) is 4.83. The molecular weight excluding hydrogens is 314 g/mol. The van der Waals surface area contributed by atoms with Crippen molar-refractivity contribution >= 4 is 48.0 Å². The second kappa shape index (κ2) is 9.24. The average molecular weight is 332 g/mol. The Kier molecular flexibility index (Phi) is 9.40. The summed E-state index contributed by atoms with van der Waals surface area (Å²) in [5.74, 6) is 0. The molecule has 0 saturated carbocycles. The van der Waals surface area contributed by atoms with Crippen molar-refractivity contribution < 1.29 is 0 Å². The standard InChI is InChI=1S/C12H16Cl2N2.2ClH/c13-11-2-1-10(12(14)9-11)3-6-16-7-4-15-5-8-16;;/h1-2,9,15H,3-8H2;2*1H. The maximum atomic E-state index is 6.13. The van der Waals surface area contributed by atoms with Crippen LogP contribution in [0.5, 0.6) is 0 Å². The third-order valence-electron chi connectivity index (χ3n) is 2.92. The van der Waals surface area contributed by atoms with Crippen molar-refractivity contribution in [3.63, 3.8) is 0 Å². The SMILES string of the molecule is Cl.Cl.Clc1ccc(CCN2CCNCC2)c(Cl)c1. The van der Waals surface area contributed by atoms with E-state index in [4.69, 9.17) is 23.2 Å². The van der Waals surface area contributed by atoms with Crippen LogP contribution in [0.15, 0.2) is 18.2 Å². The molecule has 1 aliphatic heterocycles. The van der Waals surface area contributed by atoms with Crippen LogP contribution in [0, 0.1) is 0 Å². The number of benzene rings is 1. The number of nitrogens with one attached hydrogen (secondary N) is 1. The van der Waals surface area contributed by atoms with E-state index in [2.05, 4.69) is 10.2 Å². The summed E-state index contributed by atoms with van der Waals surface area (Å²) < 4.78 is 0. The van der Waals surface area contributed by atoms with Gasteiger partial charge in [0.15, 0.2) is 0 Å². The predicted molar refractivity (Wildman–Crippen MR) is 84.0 cm³/mol. The van der Waals surface area contributed by atoms with Crippen LogP contribution < -0.4 is 5.32 Å². The second-order valence-electron chi connectivity index (χ2n) is 4.08. The van der Waals surface area contributed by atoms with Gasteiger partial charge in [0.1, 0.15) is 0 Å². The molecule has 1 aliphatic rings. The highest BCUT2D eigenvalue weighted by atomic mass is 35.5. The summed E-state index contributed by atoms with van der Waals surface area (Å²) in [7, 11) is 0. The van der Waals surface area contributed by atoms with E-state index < -0.39 is 0 Å². The maximum Gasteiger partial charge on any atom is 0.0453 e. The van der Waals surface area contributed by atoms with Crippen molar-refractivity contribution in [1.29, 1.82) is 0 Å². The molecule has 1 aromatic carbocycles. The van der Waals surface area contributed by atoms with E-state index >= 15 is 0 Å². The van der Waals surface area contributed by atoms with Gasteiger partial charge in [-0.2, -0.15) is 0 Å². The monoisotopic (exact) mass is 330 g/mol. The van der Waals surface area contributed by atoms with Gasteiger partial charge in [0.2, 0.25) is 0 Å². The van der Waals surface area contributed by atoms with Crippen molar-refractivity contribution in [3.8, 4) is 0 Å². The molecule has 1 heterocycles. The number of hydrogen-bond acceptors (Lipinski definition) is 2. The minimum atomic E-state index is 0. The van der Waals surface area contributed by atoms with Crippen LogP contribution in [-0.2, 0) is 6.42 Å². The first-order chi connectivity index (χ1) is 7.75. The molecule has 1 fully saturated rings. The summed E-state index contributed by atoms with van der Waals surface area (Å²) in [4.78, 5) is 2.46. The molecule has 0 spiro atoms. The minimum Gasteiger partial charge on any atom is -0.314 e. The quantitative estimate of drug-likeness (QED) is 0.914. The Bertz CT molecular complexity index is 354. The van der Waals surface area contributed by atoms with Crippen molar-refractivity contribution in [2.24, 2.45) is 0 Å². The number of halogens is 4. The van der Waals surface area contributed by atoms with E-state index in [9.17, 15) is 0 Å². The van der Waals surface area contributed by atoms with Gasteiger partial charge in [0.05, 0.1) is 0 Å². The Morgan fingerprint density at radius 2 is 1.78 bits per heavy atom. The molecule has 0 aliphatic carbocycles. The lowest BCUT2D eigenvalue weighted by atomic mass is 10.1. The van der Waals surface area contributed by atoms with Crippen LogP contribution in [0.4, 0.5) is 0 Å². The van der Waals surface area contributed by atoms with E-state index in [0.717, 1.165) is 44.2 Å². The molecule has 2 nitrogen and oxygen atoms in total. The molecule has 0 atom stereocenters. The summed E-state index contributed by atoms with van der Waals surface area (Å²) in [6, 6.07) is 5.74. The third-order valence-corrected chi connectivity index (χ3v) is 3.51. The Balaban J connectivity index is 0.00000144. The van der Waals surface area contributed by atoms with E-state index in [-0.39, 0.29) is 24.8 Å². The normalized spacial score (nSPS) is 15.7. The molecule has 1 N–H and O–H groups in total. The average Bonchev–Trinajstić information content (AvgIpc) is 2.29. The smallest absolute Gasteiger partial charge is 0.0453 e. The zero-order chi connectivity index (χ0) is 11.4. The second-order valence-corrected chi connectivity index (χ2v) is 4.92. The molecule has 1 aromatic rings. The number of rotatable bonds is 3. The first-order valence-electron chi connectivity index (χ1n) is 5.63. The van der Waals surface area contributed by atoms with Crippen LogP contribution in [0.2, 0.25) is 10.0 Å². The van der Waals surface area contributed by atoms with Gasteiger partial charge in [0, 0.05) is 42.8 Å². The molecular formula is C12H18Cl4N2. The van der Waals surface area contributed by atoms with Gasteiger partial charge in [0.25, 0.3) is 0 Å². The van der Waals surface area contributed by atoms with Crippen LogP contribution in [-0.4, -0.2) is 37.6 Å². The molecule has 2 rings (SSSR count). The molecule has 6 heteroatoms. The van der Waals surface area contributed by atoms with Crippen molar-refractivity contribution in [2.75, 3.05) is 32.7 Å². The Labute approximate surface area is 131 Å². The fourth-order valence-electron chi connectivity index (χ4n) is 1.94. The van der Waals surface area contributed by atoms with Crippen molar-refractivity contribution in [1.82, 2.24) is 10.2 Å². The molecule has 104 valence electrons. The molecule has 1 saturated heterocycles. The van der Waals surface area contributed by atoms with Crippen molar-refractivity contribution in [3.05, 3.63) is 33.8 Å². The molecule has 0 radical (unpaired) electrons. The highest BCUT2D eigenvalue weighted by Crippen LogP contribution is 2.21. The van der Waals surface area contributed by atoms with E-state index in [1.807, 2.05) is 18.2 Å². The van der Waals surface area contributed by atoms with Gasteiger partial charge in [-0.15, -0.1) is 24.8 Å². The molecule has 0 bridgehead atoms. The van der Waals surface area contributed by atoms with Gasteiger partial charge < -0.3 is 10.2 Å². The first-order valence-corrected chi connectivity index (χ1v) is 6.38.